The number of carbonyl (C=O) groups is 1. The van der Waals surface area contributed by atoms with Crippen molar-refractivity contribution in [1.82, 2.24) is 0 Å². The lowest BCUT2D eigenvalue weighted by molar-refractivity contribution is -0.117. The van der Waals surface area contributed by atoms with Crippen LogP contribution >= 0.6 is 11.6 Å². The zero-order valence-electron chi connectivity index (χ0n) is 10.6. The molecule has 0 atom stereocenters. The van der Waals surface area contributed by atoms with Crippen LogP contribution in [0.1, 0.15) is 37.7 Å². The Balaban J connectivity index is 2.03. The van der Waals surface area contributed by atoms with Crippen molar-refractivity contribution < 1.29 is 4.79 Å². The van der Waals surface area contributed by atoms with Crippen LogP contribution in [-0.4, -0.2) is 11.4 Å². The molecular weight excluding hydrogens is 248 g/mol. The van der Waals surface area contributed by atoms with Gasteiger partial charge in [-0.3, -0.25) is 4.79 Å². The fraction of sp³-hybridized carbons (Fsp3) is 0.500. The Kier molecular flexibility index (Phi) is 3.93. The summed E-state index contributed by atoms with van der Waals surface area (Å²) in [6, 6.07) is 5.57. The highest BCUT2D eigenvalue weighted by molar-refractivity contribution is 6.33. The lowest BCUT2D eigenvalue weighted by Crippen LogP contribution is -2.40. The molecule has 0 heterocycles. The van der Waals surface area contributed by atoms with E-state index in [1.54, 1.807) is 6.07 Å². The van der Waals surface area contributed by atoms with Gasteiger partial charge in [-0.1, -0.05) is 36.6 Å². The van der Waals surface area contributed by atoms with Gasteiger partial charge in [-0.2, -0.15) is 0 Å². The summed E-state index contributed by atoms with van der Waals surface area (Å²) in [5.74, 6) is -0.0457. The van der Waals surface area contributed by atoms with Crippen LogP contribution in [0, 0.1) is 6.92 Å². The molecule has 0 radical (unpaired) electrons. The molecule has 1 aliphatic carbocycles. The van der Waals surface area contributed by atoms with Crippen molar-refractivity contribution in [3.63, 3.8) is 0 Å². The molecule has 1 aromatic carbocycles. The van der Waals surface area contributed by atoms with Crippen LogP contribution in [0.2, 0.25) is 5.02 Å². The third kappa shape index (κ3) is 3.03. The topological polar surface area (TPSA) is 55.1 Å². The molecule has 98 valence electrons. The van der Waals surface area contributed by atoms with E-state index in [4.69, 9.17) is 17.3 Å². The Morgan fingerprint density at radius 2 is 2.11 bits per heavy atom. The number of carbonyl (C=O) groups excluding carboxylic acids is 1. The van der Waals surface area contributed by atoms with E-state index in [0.29, 0.717) is 17.1 Å². The van der Waals surface area contributed by atoms with Crippen LogP contribution in [-0.2, 0) is 4.79 Å². The summed E-state index contributed by atoms with van der Waals surface area (Å²) in [6.45, 7) is 1.93. The standard InChI is InChI=1S/C14H19ClN2O/c1-10-5-4-6-11(15)13(10)17-12(18)9-14(16)7-2-3-8-14/h4-6H,2-3,7-9,16H2,1H3,(H,17,18). The highest BCUT2D eigenvalue weighted by Crippen LogP contribution is 2.31. The van der Waals surface area contributed by atoms with Gasteiger partial charge in [0.1, 0.15) is 0 Å². The Morgan fingerprint density at radius 3 is 2.72 bits per heavy atom. The van der Waals surface area contributed by atoms with Gasteiger partial charge in [-0.15, -0.1) is 0 Å². The molecular formula is C14H19ClN2O. The molecule has 18 heavy (non-hydrogen) atoms. The first-order chi connectivity index (χ1) is 8.50. The van der Waals surface area contributed by atoms with E-state index >= 15 is 0 Å². The molecule has 0 aliphatic heterocycles. The van der Waals surface area contributed by atoms with E-state index in [9.17, 15) is 4.79 Å². The Bertz CT molecular complexity index is 433. The van der Waals surface area contributed by atoms with Gasteiger partial charge in [0.25, 0.3) is 0 Å². The van der Waals surface area contributed by atoms with Crippen molar-refractivity contribution in [2.45, 2.75) is 44.6 Å². The molecule has 0 unspecified atom stereocenters. The summed E-state index contributed by atoms with van der Waals surface area (Å²) in [7, 11) is 0. The number of halogens is 1. The number of hydrogen-bond acceptors (Lipinski definition) is 2. The average molecular weight is 267 g/mol. The maximum Gasteiger partial charge on any atom is 0.226 e. The number of para-hydroxylation sites is 1. The molecule has 1 saturated carbocycles. The number of aryl methyl sites for hydroxylation is 1. The monoisotopic (exact) mass is 266 g/mol. The predicted molar refractivity (Wildman–Crippen MR) is 74.8 cm³/mol. The molecule has 0 bridgehead atoms. The molecule has 1 aliphatic rings. The number of nitrogens with two attached hydrogens (primary N) is 1. The SMILES string of the molecule is Cc1cccc(Cl)c1NC(=O)CC1(N)CCCC1. The third-order valence-corrected chi connectivity index (χ3v) is 3.91. The molecule has 2 rings (SSSR count). The van der Waals surface area contributed by atoms with Crippen LogP contribution < -0.4 is 11.1 Å². The van der Waals surface area contributed by atoms with Gasteiger partial charge in [0, 0.05) is 12.0 Å². The third-order valence-electron chi connectivity index (χ3n) is 3.60. The Morgan fingerprint density at radius 1 is 1.44 bits per heavy atom. The van der Waals surface area contributed by atoms with Gasteiger partial charge in [0.2, 0.25) is 5.91 Å². The highest BCUT2D eigenvalue weighted by atomic mass is 35.5. The quantitative estimate of drug-likeness (QED) is 0.882. The van der Waals surface area contributed by atoms with Crippen molar-refractivity contribution in [3.05, 3.63) is 28.8 Å². The van der Waals surface area contributed by atoms with E-state index in [0.717, 1.165) is 31.2 Å². The van der Waals surface area contributed by atoms with Gasteiger partial charge in [-0.25, -0.2) is 0 Å². The summed E-state index contributed by atoms with van der Waals surface area (Å²) in [5, 5.41) is 3.45. The Hall–Kier alpha value is -1.06. The molecule has 3 N–H and O–H groups in total. The van der Waals surface area contributed by atoms with Crippen LogP contribution in [0.4, 0.5) is 5.69 Å². The smallest absolute Gasteiger partial charge is 0.226 e. The normalized spacial score (nSPS) is 17.7. The second-order valence-corrected chi connectivity index (χ2v) is 5.63. The minimum absolute atomic E-state index is 0.0457. The van der Waals surface area contributed by atoms with Crippen LogP contribution in [0.5, 0.6) is 0 Å². The molecule has 1 amide bonds. The number of anilines is 1. The van der Waals surface area contributed by atoms with Crippen molar-refractivity contribution in [1.29, 1.82) is 0 Å². The molecule has 4 heteroatoms. The van der Waals surface area contributed by atoms with Crippen molar-refractivity contribution in [2.75, 3.05) is 5.32 Å². The largest absolute Gasteiger partial charge is 0.325 e. The lowest BCUT2D eigenvalue weighted by atomic mass is 9.94. The molecule has 1 fully saturated rings. The molecule has 0 aromatic heterocycles. The fourth-order valence-corrected chi connectivity index (χ4v) is 2.82. The number of amides is 1. The second kappa shape index (κ2) is 5.29. The number of rotatable bonds is 3. The van der Waals surface area contributed by atoms with Crippen molar-refractivity contribution in [2.24, 2.45) is 5.73 Å². The minimum atomic E-state index is -0.320. The summed E-state index contributed by atoms with van der Waals surface area (Å²) in [4.78, 5) is 12.0. The summed E-state index contributed by atoms with van der Waals surface area (Å²) < 4.78 is 0. The lowest BCUT2D eigenvalue weighted by Gasteiger charge is -2.23. The number of benzene rings is 1. The highest BCUT2D eigenvalue weighted by Gasteiger charge is 2.31. The summed E-state index contributed by atoms with van der Waals surface area (Å²) in [5.41, 5.74) is 7.54. The van der Waals surface area contributed by atoms with E-state index in [1.165, 1.54) is 0 Å². The maximum atomic E-state index is 12.0. The van der Waals surface area contributed by atoms with Crippen molar-refractivity contribution >= 4 is 23.2 Å². The summed E-state index contributed by atoms with van der Waals surface area (Å²) >= 11 is 6.08. The zero-order valence-corrected chi connectivity index (χ0v) is 11.4. The van der Waals surface area contributed by atoms with Gasteiger partial charge < -0.3 is 11.1 Å². The average Bonchev–Trinajstić information content (AvgIpc) is 2.70. The molecule has 0 saturated heterocycles. The van der Waals surface area contributed by atoms with E-state index in [1.807, 2.05) is 19.1 Å². The molecule has 1 aromatic rings. The van der Waals surface area contributed by atoms with Crippen molar-refractivity contribution in [3.8, 4) is 0 Å². The van der Waals surface area contributed by atoms with E-state index < -0.39 is 0 Å². The fourth-order valence-electron chi connectivity index (χ4n) is 2.55. The summed E-state index contributed by atoms with van der Waals surface area (Å²) in [6.07, 6.45) is 4.48. The molecule has 0 spiro atoms. The van der Waals surface area contributed by atoms with Gasteiger partial charge in [0.15, 0.2) is 0 Å². The van der Waals surface area contributed by atoms with Gasteiger partial charge in [-0.05, 0) is 31.4 Å². The number of hydrogen-bond donors (Lipinski definition) is 2. The predicted octanol–water partition coefficient (Wildman–Crippen LogP) is 3.25. The van der Waals surface area contributed by atoms with E-state index in [2.05, 4.69) is 5.32 Å². The van der Waals surface area contributed by atoms with Crippen LogP contribution in [0.25, 0.3) is 0 Å². The Labute approximate surface area is 113 Å². The first-order valence-corrected chi connectivity index (χ1v) is 6.72. The molecule has 3 nitrogen and oxygen atoms in total. The van der Waals surface area contributed by atoms with Crippen LogP contribution in [0.3, 0.4) is 0 Å². The zero-order chi connectivity index (χ0) is 13.2. The minimum Gasteiger partial charge on any atom is -0.325 e. The first-order valence-electron chi connectivity index (χ1n) is 6.34. The second-order valence-electron chi connectivity index (χ2n) is 5.23. The first kappa shape index (κ1) is 13.4. The van der Waals surface area contributed by atoms with Crippen LogP contribution in [0.15, 0.2) is 18.2 Å². The van der Waals surface area contributed by atoms with E-state index in [-0.39, 0.29) is 11.4 Å². The number of nitrogens with one attached hydrogen (secondary N) is 1. The van der Waals surface area contributed by atoms with Gasteiger partial charge in [0.05, 0.1) is 10.7 Å². The maximum absolute atomic E-state index is 12.0. The van der Waals surface area contributed by atoms with Gasteiger partial charge >= 0.3 is 0 Å².